The first-order valence-electron chi connectivity index (χ1n) is 12.8. The number of nitrogens with zero attached hydrogens (tertiary/aromatic N) is 3. The standard InChI is InChI=1S/C28H39N5O3/c1-5-13-33(27(35)18-21(2)3)20-26(34)29-23-9-11-25(12-10-23)31-14-16-32(17-15-31)28(36)30-24-8-6-7-22(4)19-24/h6-12,19,21H,5,13-18,20H2,1-4H3,(H,29,34)(H,30,36). The Morgan fingerprint density at radius 2 is 1.64 bits per heavy atom. The van der Waals surface area contributed by atoms with Crippen LogP contribution in [0.3, 0.4) is 0 Å². The van der Waals surface area contributed by atoms with Gasteiger partial charge in [0.1, 0.15) is 0 Å². The van der Waals surface area contributed by atoms with E-state index in [0.717, 1.165) is 36.4 Å². The van der Waals surface area contributed by atoms with Crippen LogP contribution in [-0.2, 0) is 9.59 Å². The Labute approximate surface area is 214 Å². The van der Waals surface area contributed by atoms with Crippen LogP contribution in [0.4, 0.5) is 21.9 Å². The number of benzene rings is 2. The molecule has 0 radical (unpaired) electrons. The van der Waals surface area contributed by atoms with Crippen LogP contribution in [0.15, 0.2) is 48.5 Å². The maximum Gasteiger partial charge on any atom is 0.321 e. The summed E-state index contributed by atoms with van der Waals surface area (Å²) in [7, 11) is 0. The van der Waals surface area contributed by atoms with E-state index in [1.165, 1.54) is 0 Å². The van der Waals surface area contributed by atoms with Gasteiger partial charge in [0.15, 0.2) is 0 Å². The van der Waals surface area contributed by atoms with E-state index >= 15 is 0 Å². The van der Waals surface area contributed by atoms with E-state index in [1.54, 1.807) is 4.90 Å². The molecule has 36 heavy (non-hydrogen) atoms. The second-order valence-corrected chi connectivity index (χ2v) is 9.78. The van der Waals surface area contributed by atoms with Crippen molar-refractivity contribution in [3.05, 3.63) is 54.1 Å². The van der Waals surface area contributed by atoms with Gasteiger partial charge in [-0.25, -0.2) is 4.79 Å². The smallest absolute Gasteiger partial charge is 0.321 e. The molecule has 3 rings (SSSR count). The van der Waals surface area contributed by atoms with Gasteiger partial charge in [-0.3, -0.25) is 9.59 Å². The molecule has 8 heteroatoms. The number of anilines is 3. The minimum atomic E-state index is -0.193. The summed E-state index contributed by atoms with van der Waals surface area (Å²) in [4.78, 5) is 43.3. The van der Waals surface area contributed by atoms with E-state index in [0.29, 0.717) is 31.7 Å². The van der Waals surface area contributed by atoms with Crippen molar-refractivity contribution in [2.45, 2.75) is 40.5 Å². The largest absolute Gasteiger partial charge is 0.368 e. The summed E-state index contributed by atoms with van der Waals surface area (Å²) in [5.74, 6) is 0.0856. The number of hydrogen-bond acceptors (Lipinski definition) is 4. The van der Waals surface area contributed by atoms with Crippen LogP contribution in [0, 0.1) is 12.8 Å². The first-order chi connectivity index (χ1) is 17.2. The molecular weight excluding hydrogens is 454 g/mol. The molecule has 0 unspecified atom stereocenters. The zero-order chi connectivity index (χ0) is 26.1. The molecule has 1 aliphatic rings. The van der Waals surface area contributed by atoms with Gasteiger partial charge in [0.2, 0.25) is 11.8 Å². The van der Waals surface area contributed by atoms with Crippen molar-refractivity contribution in [3.63, 3.8) is 0 Å². The van der Waals surface area contributed by atoms with Crippen molar-refractivity contribution in [2.24, 2.45) is 5.92 Å². The van der Waals surface area contributed by atoms with E-state index in [1.807, 2.05) is 81.1 Å². The highest BCUT2D eigenvalue weighted by molar-refractivity contribution is 5.94. The second kappa shape index (κ2) is 13.0. The number of aryl methyl sites for hydroxylation is 1. The lowest BCUT2D eigenvalue weighted by atomic mass is 10.1. The summed E-state index contributed by atoms with van der Waals surface area (Å²) >= 11 is 0. The minimum absolute atomic E-state index is 0.0176. The quantitative estimate of drug-likeness (QED) is 0.536. The van der Waals surface area contributed by atoms with E-state index in [2.05, 4.69) is 15.5 Å². The van der Waals surface area contributed by atoms with Crippen LogP contribution < -0.4 is 15.5 Å². The van der Waals surface area contributed by atoms with Crippen LogP contribution in [-0.4, -0.2) is 66.9 Å². The lowest BCUT2D eigenvalue weighted by Gasteiger charge is -2.36. The normalized spacial score (nSPS) is 13.5. The summed E-state index contributed by atoms with van der Waals surface area (Å²) in [5.41, 5.74) is 3.66. The first-order valence-corrected chi connectivity index (χ1v) is 12.8. The Balaban J connectivity index is 1.48. The Morgan fingerprint density at radius 1 is 0.944 bits per heavy atom. The molecule has 2 aromatic rings. The molecule has 0 spiro atoms. The molecule has 8 nitrogen and oxygen atoms in total. The van der Waals surface area contributed by atoms with Gasteiger partial charge in [-0.05, 0) is 61.2 Å². The van der Waals surface area contributed by atoms with Gasteiger partial charge in [0.25, 0.3) is 0 Å². The SMILES string of the molecule is CCCN(CC(=O)Nc1ccc(N2CCN(C(=O)Nc3cccc(C)c3)CC2)cc1)C(=O)CC(C)C. The third-order valence-electron chi connectivity index (χ3n) is 6.12. The molecule has 4 amide bonds. The monoisotopic (exact) mass is 493 g/mol. The van der Waals surface area contributed by atoms with Crippen molar-refractivity contribution in [1.29, 1.82) is 0 Å². The van der Waals surface area contributed by atoms with Gasteiger partial charge in [-0.2, -0.15) is 0 Å². The summed E-state index contributed by atoms with van der Waals surface area (Å²) in [5, 5.41) is 5.88. The van der Waals surface area contributed by atoms with Gasteiger partial charge in [-0.1, -0.05) is 32.9 Å². The molecule has 194 valence electrons. The van der Waals surface area contributed by atoms with Gasteiger partial charge < -0.3 is 25.3 Å². The summed E-state index contributed by atoms with van der Waals surface area (Å²) in [6, 6.07) is 15.4. The van der Waals surface area contributed by atoms with Crippen LogP contribution >= 0.6 is 0 Å². The third kappa shape index (κ3) is 8.00. The maximum absolute atomic E-state index is 12.6. The lowest BCUT2D eigenvalue weighted by Crippen LogP contribution is -2.50. The second-order valence-electron chi connectivity index (χ2n) is 9.78. The predicted molar refractivity (Wildman–Crippen MR) is 145 cm³/mol. The average molecular weight is 494 g/mol. The van der Waals surface area contributed by atoms with Crippen molar-refractivity contribution in [2.75, 3.05) is 54.8 Å². The van der Waals surface area contributed by atoms with Gasteiger partial charge >= 0.3 is 6.03 Å². The van der Waals surface area contributed by atoms with Crippen LogP contribution in [0.2, 0.25) is 0 Å². The van der Waals surface area contributed by atoms with Gasteiger partial charge in [-0.15, -0.1) is 0 Å². The fourth-order valence-electron chi connectivity index (χ4n) is 4.26. The maximum atomic E-state index is 12.6. The lowest BCUT2D eigenvalue weighted by molar-refractivity contribution is -0.135. The molecule has 1 heterocycles. The molecule has 0 saturated carbocycles. The predicted octanol–water partition coefficient (Wildman–Crippen LogP) is 4.57. The van der Waals surface area contributed by atoms with E-state index < -0.39 is 0 Å². The Hall–Kier alpha value is -3.55. The van der Waals surface area contributed by atoms with Crippen molar-refractivity contribution < 1.29 is 14.4 Å². The Bertz CT molecular complexity index is 1030. The molecule has 0 aliphatic carbocycles. The molecule has 0 aromatic heterocycles. The zero-order valence-corrected chi connectivity index (χ0v) is 21.9. The van der Waals surface area contributed by atoms with Crippen LogP contribution in [0.1, 0.15) is 39.2 Å². The molecule has 0 bridgehead atoms. The zero-order valence-electron chi connectivity index (χ0n) is 21.9. The van der Waals surface area contributed by atoms with Crippen molar-refractivity contribution in [1.82, 2.24) is 9.80 Å². The molecule has 1 saturated heterocycles. The number of amides is 4. The van der Waals surface area contributed by atoms with E-state index in [-0.39, 0.29) is 30.3 Å². The summed E-state index contributed by atoms with van der Waals surface area (Å²) in [6.45, 7) is 11.4. The number of carbonyl (C=O) groups is 3. The summed E-state index contributed by atoms with van der Waals surface area (Å²) < 4.78 is 0. The number of carbonyl (C=O) groups excluding carboxylic acids is 3. The van der Waals surface area contributed by atoms with Crippen molar-refractivity contribution >= 4 is 34.9 Å². The molecular formula is C28H39N5O3. The van der Waals surface area contributed by atoms with Crippen molar-refractivity contribution in [3.8, 4) is 0 Å². The number of rotatable bonds is 9. The highest BCUT2D eigenvalue weighted by atomic mass is 16.2. The molecule has 2 N–H and O–H groups in total. The highest BCUT2D eigenvalue weighted by Gasteiger charge is 2.22. The number of piperazine rings is 1. The highest BCUT2D eigenvalue weighted by Crippen LogP contribution is 2.20. The Kier molecular flexibility index (Phi) is 9.73. The number of nitrogens with one attached hydrogen (secondary N) is 2. The molecule has 1 fully saturated rings. The first kappa shape index (κ1) is 27.0. The van der Waals surface area contributed by atoms with E-state index in [9.17, 15) is 14.4 Å². The topological polar surface area (TPSA) is 85.0 Å². The fourth-order valence-corrected chi connectivity index (χ4v) is 4.26. The van der Waals surface area contributed by atoms with Gasteiger partial charge in [0.05, 0.1) is 6.54 Å². The third-order valence-corrected chi connectivity index (χ3v) is 6.12. The number of hydrogen-bond donors (Lipinski definition) is 2. The molecule has 0 atom stereocenters. The number of urea groups is 1. The fraction of sp³-hybridized carbons (Fsp3) is 0.464. The van der Waals surface area contributed by atoms with E-state index in [4.69, 9.17) is 0 Å². The van der Waals surface area contributed by atoms with Crippen LogP contribution in [0.25, 0.3) is 0 Å². The minimum Gasteiger partial charge on any atom is -0.368 e. The Morgan fingerprint density at radius 3 is 2.25 bits per heavy atom. The van der Waals surface area contributed by atoms with Crippen LogP contribution in [0.5, 0.6) is 0 Å². The molecule has 1 aliphatic heterocycles. The summed E-state index contributed by atoms with van der Waals surface area (Å²) in [6.07, 6.45) is 1.26. The van der Waals surface area contributed by atoms with Gasteiger partial charge in [0, 0.05) is 56.2 Å². The molecule has 2 aromatic carbocycles. The average Bonchev–Trinajstić information content (AvgIpc) is 2.84.